The quantitative estimate of drug-likeness (QED) is 0.431. The Bertz CT molecular complexity index is 816. The van der Waals surface area contributed by atoms with E-state index in [4.69, 9.17) is 19.5 Å². The highest BCUT2D eigenvalue weighted by molar-refractivity contribution is 6.06. The summed E-state index contributed by atoms with van der Waals surface area (Å²) in [7, 11) is 0. The van der Waals surface area contributed by atoms with Crippen LogP contribution in [0.1, 0.15) is 75.6 Å². The minimum atomic E-state index is -0.362. The van der Waals surface area contributed by atoms with E-state index in [1.807, 2.05) is 12.1 Å². The highest BCUT2D eigenvalue weighted by Gasteiger charge is 2.48. The Morgan fingerprint density at radius 2 is 1.13 bits per heavy atom. The molecule has 4 rings (SSSR count). The fraction of sp³-hybridized carbons (Fsp3) is 0.481. The summed E-state index contributed by atoms with van der Waals surface area (Å²) in [5.74, 6) is 1.66. The lowest BCUT2D eigenvalue weighted by atomic mass is 9.77. The van der Waals surface area contributed by atoms with Crippen molar-refractivity contribution in [3.8, 4) is 0 Å². The standard InChI is InChI=1S/C27H34N2O2/c1-3-5-17-27(18-6-4-2,25-28-23(19-30-25)21-13-9-7-10-14-21)26-29-24(20-31-26)22-15-11-8-12-16-22/h7-16,23-24H,3-6,17-20H2,1-2H3. The third-order valence-corrected chi connectivity index (χ3v) is 6.40. The molecule has 2 unspecified atom stereocenters. The van der Waals surface area contributed by atoms with Gasteiger partial charge in [0.1, 0.15) is 30.7 Å². The number of unbranched alkanes of at least 4 members (excludes halogenated alkanes) is 2. The third kappa shape index (κ3) is 4.68. The third-order valence-electron chi connectivity index (χ3n) is 6.40. The Kier molecular flexibility index (Phi) is 7.06. The molecule has 0 saturated carbocycles. The van der Waals surface area contributed by atoms with Crippen LogP contribution in [0.5, 0.6) is 0 Å². The molecule has 4 heteroatoms. The van der Waals surface area contributed by atoms with Crippen LogP contribution in [0.3, 0.4) is 0 Å². The second-order valence-electron chi connectivity index (χ2n) is 8.63. The number of benzene rings is 2. The van der Waals surface area contributed by atoms with Crippen LogP contribution in [-0.4, -0.2) is 25.0 Å². The molecule has 2 aliphatic heterocycles. The minimum absolute atomic E-state index is 0.0470. The van der Waals surface area contributed by atoms with E-state index in [1.165, 1.54) is 11.1 Å². The first-order valence-corrected chi connectivity index (χ1v) is 11.8. The topological polar surface area (TPSA) is 43.2 Å². The Balaban J connectivity index is 1.69. The van der Waals surface area contributed by atoms with Crippen molar-refractivity contribution in [2.45, 2.75) is 64.5 Å². The summed E-state index contributed by atoms with van der Waals surface area (Å²) in [5, 5.41) is 0. The predicted octanol–water partition coefficient (Wildman–Crippen LogP) is 6.69. The van der Waals surface area contributed by atoms with E-state index in [-0.39, 0.29) is 17.5 Å². The van der Waals surface area contributed by atoms with Crippen LogP contribution >= 0.6 is 0 Å². The maximum atomic E-state index is 6.32. The van der Waals surface area contributed by atoms with Crippen molar-refractivity contribution in [2.24, 2.45) is 15.4 Å². The lowest BCUT2D eigenvalue weighted by Gasteiger charge is -2.32. The lowest BCUT2D eigenvalue weighted by Crippen LogP contribution is -2.40. The molecule has 0 saturated heterocycles. The van der Waals surface area contributed by atoms with Gasteiger partial charge in [-0.05, 0) is 24.0 Å². The van der Waals surface area contributed by atoms with Gasteiger partial charge < -0.3 is 9.47 Å². The van der Waals surface area contributed by atoms with Crippen LogP contribution in [0, 0.1) is 5.41 Å². The summed E-state index contributed by atoms with van der Waals surface area (Å²) in [6, 6.07) is 21.0. The van der Waals surface area contributed by atoms with E-state index in [2.05, 4.69) is 62.4 Å². The molecule has 0 amide bonds. The minimum Gasteiger partial charge on any atom is -0.478 e. The SMILES string of the molecule is CCCCC(CCCC)(C1=NC(c2ccccc2)CO1)C1=NC(c2ccccc2)CO1. The van der Waals surface area contributed by atoms with Crippen molar-refractivity contribution < 1.29 is 9.47 Å². The van der Waals surface area contributed by atoms with Crippen molar-refractivity contribution in [3.05, 3.63) is 71.8 Å². The highest BCUT2D eigenvalue weighted by Crippen LogP contribution is 2.42. The van der Waals surface area contributed by atoms with Gasteiger partial charge in [0.25, 0.3) is 0 Å². The molecule has 2 atom stereocenters. The van der Waals surface area contributed by atoms with E-state index < -0.39 is 0 Å². The number of hydrogen-bond acceptors (Lipinski definition) is 4. The van der Waals surface area contributed by atoms with Crippen molar-refractivity contribution in [1.29, 1.82) is 0 Å². The molecule has 0 aromatic heterocycles. The molecule has 31 heavy (non-hydrogen) atoms. The van der Waals surface area contributed by atoms with E-state index >= 15 is 0 Å². The average molecular weight is 419 g/mol. The van der Waals surface area contributed by atoms with Gasteiger partial charge in [-0.3, -0.25) is 0 Å². The molecule has 0 fully saturated rings. The highest BCUT2D eigenvalue weighted by atomic mass is 16.5. The van der Waals surface area contributed by atoms with Gasteiger partial charge in [0.05, 0.1) is 0 Å². The number of hydrogen-bond donors (Lipinski definition) is 0. The van der Waals surface area contributed by atoms with Crippen LogP contribution in [0.15, 0.2) is 70.6 Å². The van der Waals surface area contributed by atoms with Gasteiger partial charge in [-0.2, -0.15) is 0 Å². The fourth-order valence-electron chi connectivity index (χ4n) is 4.56. The first-order valence-electron chi connectivity index (χ1n) is 11.8. The van der Waals surface area contributed by atoms with E-state index in [0.29, 0.717) is 13.2 Å². The molecule has 0 N–H and O–H groups in total. The molecule has 0 spiro atoms. The van der Waals surface area contributed by atoms with Crippen LogP contribution in [0.4, 0.5) is 0 Å². The van der Waals surface area contributed by atoms with Crippen LogP contribution in [0.2, 0.25) is 0 Å². The maximum Gasteiger partial charge on any atom is 0.200 e. The predicted molar refractivity (Wildman–Crippen MR) is 127 cm³/mol. The molecular weight excluding hydrogens is 384 g/mol. The van der Waals surface area contributed by atoms with Gasteiger partial charge >= 0.3 is 0 Å². The normalized spacial score (nSPS) is 20.7. The molecule has 2 aromatic carbocycles. The zero-order valence-electron chi connectivity index (χ0n) is 18.8. The van der Waals surface area contributed by atoms with Crippen LogP contribution in [0.25, 0.3) is 0 Å². The Morgan fingerprint density at radius 3 is 1.52 bits per heavy atom. The summed E-state index contributed by atoms with van der Waals surface area (Å²) >= 11 is 0. The van der Waals surface area contributed by atoms with Gasteiger partial charge in [0, 0.05) is 0 Å². The molecular formula is C27H34N2O2. The summed E-state index contributed by atoms with van der Waals surface area (Å²) in [6.07, 6.45) is 6.37. The first kappa shape index (κ1) is 21.6. The molecule has 0 radical (unpaired) electrons. The smallest absolute Gasteiger partial charge is 0.200 e. The molecule has 2 aromatic rings. The Morgan fingerprint density at radius 1 is 0.710 bits per heavy atom. The van der Waals surface area contributed by atoms with Crippen molar-refractivity contribution in [1.82, 2.24) is 0 Å². The molecule has 0 bridgehead atoms. The number of aliphatic imine (C=N–C) groups is 2. The summed E-state index contributed by atoms with van der Waals surface area (Å²) < 4.78 is 12.6. The Labute approximate surface area is 186 Å². The van der Waals surface area contributed by atoms with Crippen LogP contribution in [-0.2, 0) is 9.47 Å². The fourth-order valence-corrected chi connectivity index (χ4v) is 4.56. The van der Waals surface area contributed by atoms with Crippen molar-refractivity contribution >= 4 is 11.8 Å². The maximum absolute atomic E-state index is 6.32. The van der Waals surface area contributed by atoms with Crippen LogP contribution < -0.4 is 0 Å². The number of ether oxygens (including phenoxy) is 2. The lowest BCUT2D eigenvalue weighted by molar-refractivity contribution is 0.234. The van der Waals surface area contributed by atoms with Crippen molar-refractivity contribution in [3.63, 3.8) is 0 Å². The van der Waals surface area contributed by atoms with E-state index in [9.17, 15) is 0 Å². The van der Waals surface area contributed by atoms with Gasteiger partial charge in [-0.25, -0.2) is 9.98 Å². The molecule has 0 aliphatic carbocycles. The summed E-state index contributed by atoms with van der Waals surface area (Å²) in [4.78, 5) is 10.2. The van der Waals surface area contributed by atoms with Crippen molar-refractivity contribution in [2.75, 3.05) is 13.2 Å². The second kappa shape index (κ2) is 10.1. The van der Waals surface area contributed by atoms with Gasteiger partial charge in [-0.1, -0.05) is 100 Å². The van der Waals surface area contributed by atoms with Gasteiger partial charge in [0.2, 0.25) is 0 Å². The number of nitrogens with zero attached hydrogens (tertiary/aromatic N) is 2. The summed E-state index contributed by atoms with van der Waals surface area (Å²) in [5.41, 5.74) is 2.04. The largest absolute Gasteiger partial charge is 0.478 e. The van der Waals surface area contributed by atoms with Gasteiger partial charge in [-0.15, -0.1) is 0 Å². The molecule has 2 heterocycles. The molecule has 2 aliphatic rings. The monoisotopic (exact) mass is 418 g/mol. The molecule has 4 nitrogen and oxygen atoms in total. The van der Waals surface area contributed by atoms with E-state index in [0.717, 1.165) is 50.3 Å². The first-order chi connectivity index (χ1) is 15.3. The summed E-state index contributed by atoms with van der Waals surface area (Å²) in [6.45, 7) is 5.65. The van der Waals surface area contributed by atoms with Gasteiger partial charge in [0.15, 0.2) is 11.8 Å². The average Bonchev–Trinajstić information content (AvgIpc) is 3.52. The zero-order valence-corrected chi connectivity index (χ0v) is 18.8. The molecule has 164 valence electrons. The number of rotatable bonds is 10. The Hall–Kier alpha value is -2.62. The second-order valence-corrected chi connectivity index (χ2v) is 8.63. The van der Waals surface area contributed by atoms with E-state index in [1.54, 1.807) is 0 Å². The zero-order chi connectivity index (χ0) is 21.5.